The molecule has 0 saturated heterocycles. The van der Waals surface area contributed by atoms with Gasteiger partial charge in [0.2, 0.25) is 0 Å². The van der Waals surface area contributed by atoms with Gasteiger partial charge in [0, 0.05) is 4.47 Å². The molecule has 0 aliphatic rings. The number of hydrogen-bond donors (Lipinski definition) is 2. The molecule has 0 radical (unpaired) electrons. The standard InChI is InChI=1S/C10H7BrCl2N2O2S2/c11-5-1-2-7(6(14)3-5)15-19(16,17)8-4-9(12)18-10(8)13/h1-4,15H,14H2. The maximum atomic E-state index is 12.2. The van der Waals surface area contributed by atoms with Gasteiger partial charge >= 0.3 is 0 Å². The molecule has 0 aliphatic carbocycles. The molecule has 102 valence electrons. The second-order valence-corrected chi connectivity index (χ2v) is 8.38. The lowest BCUT2D eigenvalue weighted by atomic mass is 10.3. The molecule has 4 nitrogen and oxygen atoms in total. The van der Waals surface area contributed by atoms with E-state index in [1.807, 2.05) is 0 Å². The molecule has 1 aromatic heterocycles. The SMILES string of the molecule is Nc1cc(Br)ccc1NS(=O)(=O)c1cc(Cl)sc1Cl. The Morgan fingerprint density at radius 1 is 1.26 bits per heavy atom. The zero-order valence-electron chi connectivity index (χ0n) is 9.15. The Labute approximate surface area is 132 Å². The monoisotopic (exact) mass is 400 g/mol. The molecule has 0 aliphatic heterocycles. The number of benzene rings is 1. The lowest BCUT2D eigenvalue weighted by molar-refractivity contribution is 0.601. The predicted octanol–water partition coefficient (Wildman–Crippen LogP) is 4.20. The molecular formula is C10H7BrCl2N2O2S2. The van der Waals surface area contributed by atoms with Gasteiger partial charge in [0.15, 0.2) is 0 Å². The van der Waals surface area contributed by atoms with E-state index in [4.69, 9.17) is 28.9 Å². The highest BCUT2D eigenvalue weighted by atomic mass is 79.9. The summed E-state index contributed by atoms with van der Waals surface area (Å²) in [5, 5.41) is 0. The molecule has 0 spiro atoms. The van der Waals surface area contributed by atoms with E-state index in [0.717, 1.165) is 15.8 Å². The van der Waals surface area contributed by atoms with Crippen LogP contribution in [0.5, 0.6) is 0 Å². The molecule has 1 aromatic carbocycles. The zero-order valence-corrected chi connectivity index (χ0v) is 13.9. The molecule has 2 aromatic rings. The van der Waals surface area contributed by atoms with Crippen molar-refractivity contribution in [3.63, 3.8) is 0 Å². The molecule has 2 rings (SSSR count). The maximum Gasteiger partial charge on any atom is 0.264 e. The quantitative estimate of drug-likeness (QED) is 0.757. The highest BCUT2D eigenvalue weighted by Gasteiger charge is 2.21. The van der Waals surface area contributed by atoms with Crippen LogP contribution in [0.4, 0.5) is 11.4 Å². The molecule has 0 saturated carbocycles. The van der Waals surface area contributed by atoms with Crippen molar-refractivity contribution in [2.24, 2.45) is 0 Å². The van der Waals surface area contributed by atoms with Gasteiger partial charge in [0.05, 0.1) is 15.7 Å². The number of sulfonamides is 1. The summed E-state index contributed by atoms with van der Waals surface area (Å²) in [6.07, 6.45) is 0. The second kappa shape index (κ2) is 5.49. The van der Waals surface area contributed by atoms with Crippen LogP contribution in [0.1, 0.15) is 0 Å². The van der Waals surface area contributed by atoms with Crippen LogP contribution < -0.4 is 10.5 Å². The maximum absolute atomic E-state index is 12.2. The van der Waals surface area contributed by atoms with E-state index in [9.17, 15) is 8.42 Å². The number of nitrogen functional groups attached to an aromatic ring is 1. The van der Waals surface area contributed by atoms with Crippen molar-refractivity contribution in [2.75, 3.05) is 10.5 Å². The number of anilines is 2. The fraction of sp³-hybridized carbons (Fsp3) is 0. The summed E-state index contributed by atoms with van der Waals surface area (Å²) in [6, 6.07) is 6.13. The molecule has 0 bridgehead atoms. The molecular weight excluding hydrogens is 395 g/mol. The van der Waals surface area contributed by atoms with Crippen molar-refractivity contribution in [2.45, 2.75) is 4.90 Å². The van der Waals surface area contributed by atoms with Crippen LogP contribution in [0, 0.1) is 0 Å². The Bertz CT molecular complexity index is 731. The average molecular weight is 402 g/mol. The van der Waals surface area contributed by atoms with Crippen LogP contribution in [0.15, 0.2) is 33.6 Å². The van der Waals surface area contributed by atoms with Gasteiger partial charge in [0.1, 0.15) is 9.23 Å². The van der Waals surface area contributed by atoms with E-state index >= 15 is 0 Å². The number of hydrogen-bond acceptors (Lipinski definition) is 4. The second-order valence-electron chi connectivity index (χ2n) is 3.53. The first kappa shape index (κ1) is 14.9. The van der Waals surface area contributed by atoms with E-state index in [2.05, 4.69) is 20.7 Å². The van der Waals surface area contributed by atoms with Crippen LogP contribution in [-0.4, -0.2) is 8.42 Å². The Kier molecular flexibility index (Phi) is 4.32. The number of nitrogens with one attached hydrogen (secondary N) is 1. The molecule has 19 heavy (non-hydrogen) atoms. The third kappa shape index (κ3) is 3.35. The predicted molar refractivity (Wildman–Crippen MR) is 83.7 cm³/mol. The van der Waals surface area contributed by atoms with Crippen molar-refractivity contribution in [1.29, 1.82) is 0 Å². The molecule has 3 N–H and O–H groups in total. The van der Waals surface area contributed by atoms with Gasteiger partial charge in [-0.15, -0.1) is 11.3 Å². The van der Waals surface area contributed by atoms with Crippen LogP contribution in [0.2, 0.25) is 8.67 Å². The highest BCUT2D eigenvalue weighted by Crippen LogP contribution is 2.35. The summed E-state index contributed by atoms with van der Waals surface area (Å²) in [5.74, 6) is 0. The number of halogens is 3. The Balaban J connectivity index is 2.39. The summed E-state index contributed by atoms with van der Waals surface area (Å²) in [7, 11) is -3.81. The van der Waals surface area contributed by atoms with Gasteiger partial charge in [-0.05, 0) is 24.3 Å². The van der Waals surface area contributed by atoms with Gasteiger partial charge in [-0.3, -0.25) is 4.72 Å². The van der Waals surface area contributed by atoms with Crippen molar-refractivity contribution >= 4 is 71.9 Å². The van der Waals surface area contributed by atoms with E-state index in [-0.39, 0.29) is 14.9 Å². The fourth-order valence-corrected chi connectivity index (χ4v) is 4.95. The third-order valence-electron chi connectivity index (χ3n) is 2.17. The summed E-state index contributed by atoms with van der Waals surface area (Å²) >= 11 is 15.8. The first-order valence-corrected chi connectivity index (χ1v) is 8.67. The van der Waals surface area contributed by atoms with E-state index in [0.29, 0.717) is 10.0 Å². The Hall–Kier alpha value is -0.470. The zero-order chi connectivity index (χ0) is 14.2. The van der Waals surface area contributed by atoms with Crippen molar-refractivity contribution < 1.29 is 8.42 Å². The topological polar surface area (TPSA) is 72.2 Å². The molecule has 0 unspecified atom stereocenters. The highest BCUT2D eigenvalue weighted by molar-refractivity contribution is 9.10. The van der Waals surface area contributed by atoms with Crippen LogP contribution in [-0.2, 0) is 10.0 Å². The minimum Gasteiger partial charge on any atom is -0.397 e. The van der Waals surface area contributed by atoms with Gasteiger partial charge in [-0.2, -0.15) is 0 Å². The van der Waals surface area contributed by atoms with Crippen LogP contribution in [0.3, 0.4) is 0 Å². The van der Waals surface area contributed by atoms with Crippen LogP contribution in [0.25, 0.3) is 0 Å². The number of thiophene rings is 1. The smallest absolute Gasteiger partial charge is 0.264 e. The van der Waals surface area contributed by atoms with Crippen LogP contribution >= 0.6 is 50.5 Å². The van der Waals surface area contributed by atoms with Crippen molar-refractivity contribution in [3.05, 3.63) is 37.4 Å². The van der Waals surface area contributed by atoms with Gasteiger partial charge < -0.3 is 5.73 Å². The van der Waals surface area contributed by atoms with Crippen molar-refractivity contribution in [1.82, 2.24) is 0 Å². The first-order chi connectivity index (χ1) is 8.79. The molecule has 0 fully saturated rings. The largest absolute Gasteiger partial charge is 0.397 e. The summed E-state index contributed by atoms with van der Waals surface area (Å²) in [4.78, 5) is -0.0634. The summed E-state index contributed by atoms with van der Waals surface area (Å²) < 4.78 is 27.8. The lowest BCUT2D eigenvalue weighted by Crippen LogP contribution is -2.13. The fourth-order valence-electron chi connectivity index (χ4n) is 1.33. The molecule has 0 atom stereocenters. The third-order valence-corrected chi connectivity index (χ3v) is 5.78. The van der Waals surface area contributed by atoms with E-state index < -0.39 is 10.0 Å². The Morgan fingerprint density at radius 3 is 2.47 bits per heavy atom. The lowest BCUT2D eigenvalue weighted by Gasteiger charge is -2.09. The summed E-state index contributed by atoms with van der Waals surface area (Å²) in [5.41, 5.74) is 6.32. The molecule has 9 heteroatoms. The Morgan fingerprint density at radius 2 is 1.95 bits per heavy atom. The van der Waals surface area contributed by atoms with Crippen molar-refractivity contribution in [3.8, 4) is 0 Å². The summed E-state index contributed by atoms with van der Waals surface area (Å²) in [6.45, 7) is 0. The minimum atomic E-state index is -3.81. The molecule has 0 amide bonds. The van der Waals surface area contributed by atoms with E-state index in [1.165, 1.54) is 6.07 Å². The van der Waals surface area contributed by atoms with E-state index in [1.54, 1.807) is 18.2 Å². The van der Waals surface area contributed by atoms with Gasteiger partial charge in [0.25, 0.3) is 10.0 Å². The number of nitrogens with two attached hydrogens (primary N) is 1. The number of rotatable bonds is 3. The minimum absolute atomic E-state index is 0.0634. The average Bonchev–Trinajstić information content (AvgIpc) is 2.63. The molecule has 1 heterocycles. The normalized spacial score (nSPS) is 11.5. The van der Waals surface area contributed by atoms with Gasteiger partial charge in [-0.1, -0.05) is 39.1 Å². The first-order valence-electron chi connectivity index (χ1n) is 4.82. The van der Waals surface area contributed by atoms with Gasteiger partial charge in [-0.25, -0.2) is 8.42 Å².